The molecule has 22 heavy (non-hydrogen) atoms. The Kier molecular flexibility index (Phi) is 3.48. The molecular formula is C18H15INO2-. The van der Waals surface area contributed by atoms with Crippen LogP contribution in [-0.2, 0) is 13.0 Å². The topological polar surface area (TPSA) is 37.4 Å². The van der Waals surface area contributed by atoms with Crippen molar-refractivity contribution in [2.45, 2.75) is 16.9 Å². The molecule has 0 aromatic heterocycles. The van der Waals surface area contributed by atoms with Gasteiger partial charge in [-0.15, -0.1) is 0 Å². The number of carbonyl (C=O) groups excluding carboxylic acids is 2. The number of amides is 2. The summed E-state index contributed by atoms with van der Waals surface area (Å²) >= 11 is 0.415. The van der Waals surface area contributed by atoms with Gasteiger partial charge in [0, 0.05) is 0 Å². The van der Waals surface area contributed by atoms with Crippen molar-refractivity contribution in [3.05, 3.63) is 70.8 Å². The first-order valence-electron chi connectivity index (χ1n) is 7.34. The molecule has 2 amide bonds. The third-order valence-electron chi connectivity index (χ3n) is 4.14. The van der Waals surface area contributed by atoms with E-state index in [-0.39, 0.29) is 11.8 Å². The van der Waals surface area contributed by atoms with E-state index < -0.39 is 0 Å². The number of hydrogen-bond donors (Lipinski definition) is 0. The van der Waals surface area contributed by atoms with E-state index in [2.05, 4.69) is 6.07 Å². The van der Waals surface area contributed by atoms with E-state index in [1.54, 1.807) is 24.3 Å². The Balaban J connectivity index is 1.62. The zero-order valence-electron chi connectivity index (χ0n) is 12.0. The number of carbonyl (C=O) groups is 2. The summed E-state index contributed by atoms with van der Waals surface area (Å²) in [7, 11) is 0. The molecule has 0 spiro atoms. The molecule has 0 radical (unpaired) electrons. The van der Waals surface area contributed by atoms with E-state index in [4.69, 9.17) is 0 Å². The quantitative estimate of drug-likeness (QED) is 0.392. The molecule has 0 aliphatic carbocycles. The van der Waals surface area contributed by atoms with Gasteiger partial charge in [-0.3, -0.25) is 0 Å². The first-order valence-corrected chi connectivity index (χ1v) is 10.1. The van der Waals surface area contributed by atoms with Crippen LogP contribution in [0, 0.1) is 0 Å². The van der Waals surface area contributed by atoms with Crippen molar-refractivity contribution >= 4 is 11.8 Å². The molecule has 1 atom stereocenters. The predicted octanol–water partition coefficient (Wildman–Crippen LogP) is -0.504. The summed E-state index contributed by atoms with van der Waals surface area (Å²) in [5.41, 5.74) is 3.45. The van der Waals surface area contributed by atoms with Crippen LogP contribution >= 0.6 is 0 Å². The summed E-state index contributed by atoms with van der Waals surface area (Å²) in [4.78, 5) is 26.3. The van der Waals surface area contributed by atoms with E-state index in [0.717, 1.165) is 15.9 Å². The Morgan fingerprint density at radius 3 is 2.05 bits per heavy atom. The molecule has 1 unspecified atom stereocenters. The Bertz CT molecular complexity index is 732. The Labute approximate surface area is 139 Å². The molecule has 2 heterocycles. The number of benzene rings is 2. The van der Waals surface area contributed by atoms with E-state index in [1.165, 1.54) is 14.9 Å². The number of fused-ring (bicyclic) bond motifs is 1. The van der Waals surface area contributed by atoms with Crippen molar-refractivity contribution in [3.8, 4) is 0 Å². The van der Waals surface area contributed by atoms with Crippen LogP contribution in [-0.4, -0.2) is 25.1 Å². The van der Waals surface area contributed by atoms with Gasteiger partial charge in [-0.1, -0.05) is 0 Å². The molecule has 112 valence electrons. The van der Waals surface area contributed by atoms with Crippen LogP contribution in [0.15, 0.2) is 48.5 Å². The number of hydrogen-bond acceptors (Lipinski definition) is 2. The zero-order valence-corrected chi connectivity index (χ0v) is 14.1. The molecule has 0 N–H and O–H groups in total. The van der Waals surface area contributed by atoms with Gasteiger partial charge in [0.25, 0.3) is 0 Å². The molecule has 2 aliphatic rings. The van der Waals surface area contributed by atoms with Crippen LogP contribution in [0.25, 0.3) is 0 Å². The van der Waals surface area contributed by atoms with Crippen LogP contribution in [0.1, 0.15) is 31.8 Å². The predicted molar refractivity (Wildman–Crippen MR) is 79.4 cm³/mol. The maximum absolute atomic E-state index is 12.5. The van der Waals surface area contributed by atoms with Gasteiger partial charge in [0.05, 0.1) is 0 Å². The van der Waals surface area contributed by atoms with Crippen LogP contribution in [0.4, 0.5) is 0 Å². The Morgan fingerprint density at radius 1 is 0.909 bits per heavy atom. The third kappa shape index (κ3) is 2.45. The maximum atomic E-state index is 12.5. The SMILES string of the molecule is O=C1c2ccccc2C(=O)N1Cc1ccccc1CC1C[I-]1. The molecule has 0 bridgehead atoms. The van der Waals surface area contributed by atoms with Crippen molar-refractivity contribution in [1.82, 2.24) is 4.90 Å². The van der Waals surface area contributed by atoms with Crippen LogP contribution < -0.4 is 21.2 Å². The fourth-order valence-electron chi connectivity index (χ4n) is 2.87. The summed E-state index contributed by atoms with van der Waals surface area (Å²) in [6.45, 7) is 0.382. The molecule has 3 nitrogen and oxygen atoms in total. The van der Waals surface area contributed by atoms with Crippen molar-refractivity contribution in [2.24, 2.45) is 0 Å². The van der Waals surface area contributed by atoms with Gasteiger partial charge >= 0.3 is 140 Å². The first-order chi connectivity index (χ1) is 10.7. The van der Waals surface area contributed by atoms with E-state index in [0.29, 0.717) is 38.9 Å². The first kappa shape index (κ1) is 13.9. The second kappa shape index (κ2) is 5.50. The fraction of sp³-hybridized carbons (Fsp3) is 0.222. The van der Waals surface area contributed by atoms with Gasteiger partial charge in [-0.05, 0) is 0 Å². The van der Waals surface area contributed by atoms with Gasteiger partial charge in [-0.25, -0.2) is 0 Å². The molecule has 4 rings (SSSR count). The summed E-state index contributed by atoms with van der Waals surface area (Å²) in [6, 6.07) is 15.3. The van der Waals surface area contributed by atoms with Crippen LogP contribution in [0.2, 0.25) is 0 Å². The second-order valence-corrected chi connectivity index (χ2v) is 9.14. The monoisotopic (exact) mass is 404 g/mol. The summed E-state index contributed by atoms with van der Waals surface area (Å²) < 4.78 is 2.29. The number of alkyl halides is 2. The molecule has 1 fully saturated rings. The molecule has 2 aromatic rings. The summed E-state index contributed by atoms with van der Waals surface area (Å²) in [6.07, 6.45) is 1.10. The number of halogens is 1. The molecule has 2 aliphatic heterocycles. The van der Waals surface area contributed by atoms with Gasteiger partial charge in [0.1, 0.15) is 0 Å². The molecule has 1 saturated heterocycles. The average Bonchev–Trinajstić information content (AvgIpc) is 3.33. The van der Waals surface area contributed by atoms with Gasteiger partial charge in [-0.2, -0.15) is 0 Å². The van der Waals surface area contributed by atoms with Gasteiger partial charge < -0.3 is 0 Å². The van der Waals surface area contributed by atoms with E-state index >= 15 is 0 Å². The molecule has 4 heteroatoms. The van der Waals surface area contributed by atoms with Crippen molar-refractivity contribution in [1.29, 1.82) is 0 Å². The molecular weight excluding hydrogens is 389 g/mol. The Hall–Kier alpha value is -1.69. The van der Waals surface area contributed by atoms with E-state index in [1.807, 2.05) is 18.2 Å². The van der Waals surface area contributed by atoms with Crippen LogP contribution in [0.3, 0.4) is 0 Å². The Morgan fingerprint density at radius 2 is 1.45 bits per heavy atom. The molecule has 0 saturated carbocycles. The fourth-order valence-corrected chi connectivity index (χ4v) is 4.33. The number of nitrogens with zero attached hydrogens (tertiary/aromatic N) is 1. The van der Waals surface area contributed by atoms with Crippen molar-refractivity contribution in [3.63, 3.8) is 0 Å². The van der Waals surface area contributed by atoms with E-state index in [9.17, 15) is 9.59 Å². The standard InChI is InChI=1S/C18H15INO2/c21-17-15-7-3-4-8-16(15)18(22)20(17)11-13-6-2-1-5-12(13)9-14-10-19-14/h1-8,14H,9-11H2/q-1. The second-order valence-electron chi connectivity index (χ2n) is 5.62. The van der Waals surface area contributed by atoms with Crippen molar-refractivity contribution < 1.29 is 30.8 Å². The van der Waals surface area contributed by atoms with Gasteiger partial charge in [0.15, 0.2) is 0 Å². The third-order valence-corrected chi connectivity index (χ3v) is 6.71. The summed E-state index contributed by atoms with van der Waals surface area (Å²) in [5.74, 6) is -0.344. The van der Waals surface area contributed by atoms with Crippen LogP contribution in [0.5, 0.6) is 0 Å². The number of imide groups is 1. The van der Waals surface area contributed by atoms with Gasteiger partial charge in [0.2, 0.25) is 0 Å². The number of rotatable bonds is 4. The minimum atomic E-state index is -0.172. The normalized spacial score (nSPS) is 19.8. The minimum absolute atomic E-state index is 0.172. The summed E-state index contributed by atoms with van der Waals surface area (Å²) in [5, 5.41) is 0. The molecule has 2 aromatic carbocycles. The van der Waals surface area contributed by atoms with Crippen molar-refractivity contribution in [2.75, 3.05) is 4.43 Å². The average molecular weight is 404 g/mol. The zero-order chi connectivity index (χ0) is 15.1.